The van der Waals surface area contributed by atoms with Crippen LogP contribution in [0.1, 0.15) is 42.1 Å². The normalized spacial score (nSPS) is 19.7. The summed E-state index contributed by atoms with van der Waals surface area (Å²) < 4.78 is 38.7. The average Bonchev–Trinajstić information content (AvgIpc) is 2.46. The SMILES string of the molecule is CCC1CCCN(C(=O)c2cc(C(F)(F)F)ccc2Br)C1. The van der Waals surface area contributed by atoms with Gasteiger partial charge in [0.1, 0.15) is 0 Å². The summed E-state index contributed by atoms with van der Waals surface area (Å²) in [5.74, 6) is 0.110. The van der Waals surface area contributed by atoms with Crippen LogP contribution in [0.15, 0.2) is 22.7 Å². The third kappa shape index (κ3) is 3.78. The Morgan fingerprint density at radius 2 is 2.14 bits per heavy atom. The number of rotatable bonds is 2. The Balaban J connectivity index is 2.26. The minimum Gasteiger partial charge on any atom is -0.338 e. The van der Waals surface area contributed by atoms with Crippen molar-refractivity contribution in [3.05, 3.63) is 33.8 Å². The van der Waals surface area contributed by atoms with E-state index in [-0.39, 0.29) is 11.5 Å². The molecule has 1 saturated heterocycles. The lowest BCUT2D eigenvalue weighted by atomic mass is 9.95. The van der Waals surface area contributed by atoms with Gasteiger partial charge in [-0.15, -0.1) is 0 Å². The van der Waals surface area contributed by atoms with Gasteiger partial charge in [0.25, 0.3) is 5.91 Å². The topological polar surface area (TPSA) is 20.3 Å². The van der Waals surface area contributed by atoms with Gasteiger partial charge in [-0.1, -0.05) is 13.3 Å². The first-order valence-corrected chi connectivity index (χ1v) is 7.78. The predicted molar refractivity (Wildman–Crippen MR) is 78.1 cm³/mol. The van der Waals surface area contributed by atoms with E-state index in [0.717, 1.165) is 31.4 Å². The summed E-state index contributed by atoms with van der Waals surface area (Å²) >= 11 is 3.18. The highest BCUT2D eigenvalue weighted by Crippen LogP contribution is 2.32. The predicted octanol–water partition coefficient (Wildman–Crippen LogP) is 4.73. The maximum absolute atomic E-state index is 12.8. The second-order valence-electron chi connectivity index (χ2n) is 5.36. The van der Waals surface area contributed by atoms with Gasteiger partial charge in [-0.3, -0.25) is 4.79 Å². The Bertz CT molecular complexity index is 530. The van der Waals surface area contributed by atoms with Gasteiger partial charge in [0.05, 0.1) is 11.1 Å². The number of hydrogen-bond acceptors (Lipinski definition) is 1. The van der Waals surface area contributed by atoms with Gasteiger partial charge in [0, 0.05) is 17.6 Å². The van der Waals surface area contributed by atoms with E-state index in [1.54, 1.807) is 4.90 Å². The molecule has 0 saturated carbocycles. The Morgan fingerprint density at radius 3 is 2.76 bits per heavy atom. The molecule has 2 rings (SSSR count). The molecule has 0 aromatic heterocycles. The van der Waals surface area contributed by atoms with E-state index in [9.17, 15) is 18.0 Å². The van der Waals surface area contributed by atoms with Crippen LogP contribution in [0.4, 0.5) is 13.2 Å². The molecular weight excluding hydrogens is 347 g/mol. The fraction of sp³-hybridized carbons (Fsp3) is 0.533. The summed E-state index contributed by atoms with van der Waals surface area (Å²) in [5, 5.41) is 0. The number of hydrogen-bond donors (Lipinski definition) is 0. The standard InChI is InChI=1S/C15H17BrF3NO/c1-2-10-4-3-7-20(9-10)14(21)12-8-11(15(17,18)19)5-6-13(12)16/h5-6,8,10H,2-4,7,9H2,1H3. The largest absolute Gasteiger partial charge is 0.416 e. The van der Waals surface area contributed by atoms with E-state index in [0.29, 0.717) is 23.5 Å². The highest BCUT2D eigenvalue weighted by molar-refractivity contribution is 9.10. The highest BCUT2D eigenvalue weighted by atomic mass is 79.9. The molecule has 6 heteroatoms. The van der Waals surface area contributed by atoms with Crippen LogP contribution in [0.5, 0.6) is 0 Å². The molecule has 2 nitrogen and oxygen atoms in total. The van der Waals surface area contributed by atoms with Crippen LogP contribution in [0.3, 0.4) is 0 Å². The van der Waals surface area contributed by atoms with E-state index in [4.69, 9.17) is 0 Å². The Labute approximate surface area is 130 Å². The Morgan fingerprint density at radius 1 is 1.43 bits per heavy atom. The molecule has 1 amide bonds. The first-order valence-electron chi connectivity index (χ1n) is 6.99. The number of carbonyl (C=O) groups excluding carboxylic acids is 1. The molecule has 21 heavy (non-hydrogen) atoms. The molecule has 0 spiro atoms. The fourth-order valence-electron chi connectivity index (χ4n) is 2.62. The molecule has 1 fully saturated rings. The van der Waals surface area contributed by atoms with Crippen molar-refractivity contribution in [1.29, 1.82) is 0 Å². The van der Waals surface area contributed by atoms with Crippen molar-refractivity contribution >= 4 is 21.8 Å². The van der Waals surface area contributed by atoms with Gasteiger partial charge < -0.3 is 4.90 Å². The average molecular weight is 364 g/mol. The highest BCUT2D eigenvalue weighted by Gasteiger charge is 2.32. The fourth-order valence-corrected chi connectivity index (χ4v) is 3.03. The number of alkyl halides is 3. The summed E-state index contributed by atoms with van der Waals surface area (Å²) in [6.45, 7) is 3.30. The third-order valence-electron chi connectivity index (χ3n) is 3.91. The van der Waals surface area contributed by atoms with Gasteiger partial charge in [-0.05, 0) is 52.9 Å². The maximum atomic E-state index is 12.8. The van der Waals surface area contributed by atoms with E-state index in [2.05, 4.69) is 22.9 Å². The third-order valence-corrected chi connectivity index (χ3v) is 4.60. The van der Waals surface area contributed by atoms with Gasteiger partial charge in [0.15, 0.2) is 0 Å². The number of amides is 1. The van der Waals surface area contributed by atoms with E-state index >= 15 is 0 Å². The number of piperidine rings is 1. The monoisotopic (exact) mass is 363 g/mol. The van der Waals surface area contributed by atoms with Gasteiger partial charge in [-0.2, -0.15) is 13.2 Å². The van der Waals surface area contributed by atoms with Gasteiger partial charge in [0.2, 0.25) is 0 Å². The van der Waals surface area contributed by atoms with Crippen LogP contribution in [-0.4, -0.2) is 23.9 Å². The lowest BCUT2D eigenvalue weighted by Gasteiger charge is -2.32. The molecule has 1 aromatic carbocycles. The van der Waals surface area contributed by atoms with Crippen molar-refractivity contribution in [2.75, 3.05) is 13.1 Å². The minimum absolute atomic E-state index is 0.0848. The molecule has 1 aliphatic heterocycles. The molecule has 1 atom stereocenters. The molecule has 1 aromatic rings. The molecule has 0 aliphatic carbocycles. The first kappa shape index (κ1) is 16.3. The van der Waals surface area contributed by atoms with Crippen LogP contribution in [0, 0.1) is 5.92 Å². The zero-order valence-electron chi connectivity index (χ0n) is 11.7. The van der Waals surface area contributed by atoms with Gasteiger partial charge >= 0.3 is 6.18 Å². The molecule has 1 unspecified atom stereocenters. The molecule has 0 radical (unpaired) electrons. The smallest absolute Gasteiger partial charge is 0.338 e. The van der Waals surface area contributed by atoms with Crippen LogP contribution in [-0.2, 0) is 6.18 Å². The summed E-state index contributed by atoms with van der Waals surface area (Å²) in [6.07, 6.45) is -1.48. The summed E-state index contributed by atoms with van der Waals surface area (Å²) in [6, 6.07) is 3.20. The zero-order valence-corrected chi connectivity index (χ0v) is 13.3. The lowest BCUT2D eigenvalue weighted by molar-refractivity contribution is -0.137. The van der Waals surface area contributed by atoms with Crippen LogP contribution >= 0.6 is 15.9 Å². The maximum Gasteiger partial charge on any atom is 0.416 e. The summed E-state index contributed by atoms with van der Waals surface area (Å²) in [4.78, 5) is 14.2. The molecule has 0 N–H and O–H groups in total. The van der Waals surface area contributed by atoms with Crippen molar-refractivity contribution in [3.63, 3.8) is 0 Å². The van der Waals surface area contributed by atoms with E-state index < -0.39 is 11.7 Å². The minimum atomic E-state index is -4.44. The molecule has 0 bridgehead atoms. The Hall–Kier alpha value is -1.04. The van der Waals surface area contributed by atoms with Gasteiger partial charge in [-0.25, -0.2) is 0 Å². The second-order valence-corrected chi connectivity index (χ2v) is 6.21. The molecule has 116 valence electrons. The van der Waals surface area contributed by atoms with Crippen LogP contribution in [0.2, 0.25) is 0 Å². The molecular formula is C15H17BrF3NO. The van der Waals surface area contributed by atoms with Crippen molar-refractivity contribution < 1.29 is 18.0 Å². The van der Waals surface area contributed by atoms with Crippen molar-refractivity contribution in [2.45, 2.75) is 32.4 Å². The van der Waals surface area contributed by atoms with Crippen molar-refractivity contribution in [2.24, 2.45) is 5.92 Å². The first-order chi connectivity index (χ1) is 9.82. The van der Waals surface area contributed by atoms with Crippen LogP contribution in [0.25, 0.3) is 0 Å². The number of halogens is 4. The summed E-state index contributed by atoms with van der Waals surface area (Å²) in [5.41, 5.74) is -0.709. The molecule has 1 heterocycles. The zero-order chi connectivity index (χ0) is 15.6. The molecule has 1 aliphatic rings. The quantitative estimate of drug-likeness (QED) is 0.743. The van der Waals surface area contributed by atoms with Crippen molar-refractivity contribution in [3.8, 4) is 0 Å². The number of carbonyl (C=O) groups is 1. The van der Waals surface area contributed by atoms with Crippen LogP contribution < -0.4 is 0 Å². The number of nitrogens with zero attached hydrogens (tertiary/aromatic N) is 1. The van der Waals surface area contributed by atoms with Crippen molar-refractivity contribution in [1.82, 2.24) is 4.90 Å². The van der Waals surface area contributed by atoms with E-state index in [1.165, 1.54) is 6.07 Å². The second kappa shape index (κ2) is 6.38. The Kier molecular flexibility index (Phi) is 4.96. The number of benzene rings is 1. The number of likely N-dealkylation sites (tertiary alicyclic amines) is 1. The summed E-state index contributed by atoms with van der Waals surface area (Å²) in [7, 11) is 0. The van der Waals surface area contributed by atoms with E-state index in [1.807, 2.05) is 0 Å². The lowest BCUT2D eigenvalue weighted by Crippen LogP contribution is -2.40.